The monoisotopic (exact) mass is 259 g/mol. The highest BCUT2D eigenvalue weighted by Crippen LogP contribution is 2.37. The van der Waals surface area contributed by atoms with Gasteiger partial charge in [0.05, 0.1) is 0 Å². The first-order chi connectivity index (χ1) is 7.82. The van der Waals surface area contributed by atoms with E-state index in [-0.39, 0.29) is 5.25 Å². The van der Waals surface area contributed by atoms with Gasteiger partial charge in [0.15, 0.2) is 0 Å². The maximum atomic E-state index is 11.4. The molecule has 0 aromatic carbocycles. The molecule has 0 spiro atoms. The summed E-state index contributed by atoms with van der Waals surface area (Å²) in [5.74, 6) is 0.758. The van der Waals surface area contributed by atoms with E-state index in [0.717, 1.165) is 12.5 Å². The molecule has 1 N–H and O–H groups in total. The zero-order valence-electron chi connectivity index (χ0n) is 12.1. The first-order valence-electron chi connectivity index (χ1n) is 6.88. The molecule has 1 rings (SSSR count). The maximum absolute atomic E-state index is 11.4. The van der Waals surface area contributed by atoms with Crippen LogP contribution in [0.15, 0.2) is 0 Å². The maximum Gasteiger partial charge on any atom is 0.0441 e. The lowest BCUT2D eigenvalue weighted by Gasteiger charge is -2.41. The van der Waals surface area contributed by atoms with E-state index in [1.807, 2.05) is 0 Å². The minimum absolute atomic E-state index is 0.262. The van der Waals surface area contributed by atoms with Gasteiger partial charge in [-0.05, 0) is 31.1 Å². The van der Waals surface area contributed by atoms with Gasteiger partial charge in [0, 0.05) is 34.9 Å². The van der Waals surface area contributed by atoms with Gasteiger partial charge in [-0.3, -0.25) is 4.21 Å². The van der Waals surface area contributed by atoms with Gasteiger partial charge in [-0.15, -0.1) is 0 Å². The van der Waals surface area contributed by atoms with Crippen LogP contribution in [0.3, 0.4) is 0 Å². The number of hydrogen-bond acceptors (Lipinski definition) is 2. The highest BCUT2D eigenvalue weighted by Gasteiger charge is 2.33. The first-order valence-corrected chi connectivity index (χ1v) is 8.50. The molecule has 4 atom stereocenters. The third-order valence-electron chi connectivity index (χ3n) is 4.11. The molecule has 0 heterocycles. The summed E-state index contributed by atoms with van der Waals surface area (Å²) in [4.78, 5) is 0. The number of hydrogen-bond donors (Lipinski definition) is 1. The SMILES string of the molecule is CC(CNC1CCCCC1C(C)(C)C)S(C)=O. The summed E-state index contributed by atoms with van der Waals surface area (Å²) in [6, 6.07) is 0.620. The van der Waals surface area contributed by atoms with E-state index < -0.39 is 10.8 Å². The standard InChI is InChI=1S/C14H29NOS/c1-11(17(5)16)10-15-13-9-7-6-8-12(13)14(2,3)4/h11-13,15H,6-10H2,1-5H3. The molecule has 0 radical (unpaired) electrons. The van der Waals surface area contributed by atoms with Crippen molar-refractivity contribution in [1.82, 2.24) is 5.32 Å². The molecule has 102 valence electrons. The van der Waals surface area contributed by atoms with E-state index in [1.165, 1.54) is 25.7 Å². The van der Waals surface area contributed by atoms with Crippen LogP contribution < -0.4 is 5.32 Å². The molecule has 1 fully saturated rings. The molecule has 0 saturated heterocycles. The van der Waals surface area contributed by atoms with Gasteiger partial charge in [0.2, 0.25) is 0 Å². The molecule has 17 heavy (non-hydrogen) atoms. The Kier molecular flexibility index (Phi) is 5.65. The molecule has 0 aromatic heterocycles. The zero-order chi connectivity index (χ0) is 13.1. The predicted molar refractivity (Wildman–Crippen MR) is 76.7 cm³/mol. The molecule has 0 amide bonds. The molecular formula is C14H29NOS. The Labute approximate surface area is 109 Å². The van der Waals surface area contributed by atoms with Crippen LogP contribution in [0, 0.1) is 11.3 Å². The van der Waals surface area contributed by atoms with Gasteiger partial charge in [-0.1, -0.05) is 33.6 Å². The predicted octanol–water partition coefficient (Wildman–Crippen LogP) is 2.95. The fourth-order valence-electron chi connectivity index (χ4n) is 2.85. The summed E-state index contributed by atoms with van der Waals surface area (Å²) in [5, 5.41) is 3.93. The third-order valence-corrected chi connectivity index (χ3v) is 5.41. The Morgan fingerprint density at radius 3 is 2.41 bits per heavy atom. The van der Waals surface area contributed by atoms with Crippen molar-refractivity contribution in [2.45, 2.75) is 64.7 Å². The van der Waals surface area contributed by atoms with Crippen molar-refractivity contribution in [2.75, 3.05) is 12.8 Å². The van der Waals surface area contributed by atoms with Gasteiger partial charge >= 0.3 is 0 Å². The summed E-state index contributed by atoms with van der Waals surface area (Å²) in [6.45, 7) is 10.00. The first kappa shape index (κ1) is 15.2. The van der Waals surface area contributed by atoms with Crippen LogP contribution in [0.2, 0.25) is 0 Å². The van der Waals surface area contributed by atoms with E-state index in [9.17, 15) is 4.21 Å². The second-order valence-corrected chi connectivity index (χ2v) is 8.38. The third kappa shape index (κ3) is 4.70. The van der Waals surface area contributed by atoms with Crippen LogP contribution in [-0.4, -0.2) is 28.3 Å². The van der Waals surface area contributed by atoms with Gasteiger partial charge < -0.3 is 5.32 Å². The Hall–Kier alpha value is 0.110. The van der Waals surface area contributed by atoms with E-state index >= 15 is 0 Å². The van der Waals surface area contributed by atoms with Crippen molar-refractivity contribution in [3.63, 3.8) is 0 Å². The largest absolute Gasteiger partial charge is 0.313 e. The highest BCUT2D eigenvalue weighted by atomic mass is 32.2. The molecule has 1 saturated carbocycles. The molecule has 1 aliphatic rings. The minimum atomic E-state index is -0.710. The smallest absolute Gasteiger partial charge is 0.0441 e. The lowest BCUT2D eigenvalue weighted by atomic mass is 9.69. The average molecular weight is 259 g/mol. The van der Waals surface area contributed by atoms with Gasteiger partial charge in [-0.25, -0.2) is 0 Å². The Morgan fingerprint density at radius 1 is 1.29 bits per heavy atom. The number of nitrogens with one attached hydrogen (secondary N) is 1. The quantitative estimate of drug-likeness (QED) is 0.841. The highest BCUT2D eigenvalue weighted by molar-refractivity contribution is 7.84. The van der Waals surface area contributed by atoms with Gasteiger partial charge in [-0.2, -0.15) is 0 Å². The minimum Gasteiger partial charge on any atom is -0.313 e. The van der Waals surface area contributed by atoms with Crippen molar-refractivity contribution < 1.29 is 4.21 Å². The zero-order valence-corrected chi connectivity index (χ0v) is 12.9. The van der Waals surface area contributed by atoms with Crippen molar-refractivity contribution >= 4 is 10.8 Å². The van der Waals surface area contributed by atoms with Crippen molar-refractivity contribution in [3.05, 3.63) is 0 Å². The summed E-state index contributed by atoms with van der Waals surface area (Å²) >= 11 is 0. The summed E-state index contributed by atoms with van der Waals surface area (Å²) in [7, 11) is -0.710. The normalized spacial score (nSPS) is 29.9. The van der Waals surface area contributed by atoms with Crippen LogP contribution in [0.4, 0.5) is 0 Å². The van der Waals surface area contributed by atoms with Gasteiger partial charge in [0.1, 0.15) is 0 Å². The second-order valence-electron chi connectivity index (χ2n) is 6.58. The summed E-state index contributed by atoms with van der Waals surface area (Å²) in [6.07, 6.45) is 7.13. The van der Waals surface area contributed by atoms with Crippen molar-refractivity contribution in [3.8, 4) is 0 Å². The lowest BCUT2D eigenvalue weighted by molar-refractivity contribution is 0.131. The van der Waals surface area contributed by atoms with E-state index in [4.69, 9.17) is 0 Å². The van der Waals surface area contributed by atoms with Crippen LogP contribution in [-0.2, 0) is 10.8 Å². The molecule has 0 aromatic rings. The van der Waals surface area contributed by atoms with E-state index in [2.05, 4.69) is 33.0 Å². The Balaban J connectivity index is 2.52. The van der Waals surface area contributed by atoms with Crippen LogP contribution in [0.25, 0.3) is 0 Å². The van der Waals surface area contributed by atoms with E-state index in [1.54, 1.807) is 6.26 Å². The van der Waals surface area contributed by atoms with E-state index in [0.29, 0.717) is 11.5 Å². The molecule has 4 unspecified atom stereocenters. The van der Waals surface area contributed by atoms with Crippen LogP contribution in [0.1, 0.15) is 53.4 Å². The fraction of sp³-hybridized carbons (Fsp3) is 1.00. The number of rotatable bonds is 4. The van der Waals surface area contributed by atoms with Crippen LogP contribution >= 0.6 is 0 Å². The lowest BCUT2D eigenvalue weighted by Crippen LogP contribution is -2.46. The molecular weight excluding hydrogens is 230 g/mol. The van der Waals surface area contributed by atoms with Crippen LogP contribution in [0.5, 0.6) is 0 Å². The van der Waals surface area contributed by atoms with Crippen molar-refractivity contribution in [2.24, 2.45) is 11.3 Å². The topological polar surface area (TPSA) is 29.1 Å². The second kappa shape index (κ2) is 6.33. The fourth-order valence-corrected chi connectivity index (χ4v) is 3.18. The summed E-state index contributed by atoms with van der Waals surface area (Å²) in [5.41, 5.74) is 0.382. The molecule has 3 heteroatoms. The molecule has 0 bridgehead atoms. The van der Waals surface area contributed by atoms with Crippen molar-refractivity contribution in [1.29, 1.82) is 0 Å². The molecule has 1 aliphatic carbocycles. The Morgan fingerprint density at radius 2 is 1.88 bits per heavy atom. The molecule has 0 aliphatic heterocycles. The molecule has 2 nitrogen and oxygen atoms in total. The average Bonchev–Trinajstić information content (AvgIpc) is 2.24. The van der Waals surface area contributed by atoms with Gasteiger partial charge in [0.25, 0.3) is 0 Å². The summed E-state index contributed by atoms with van der Waals surface area (Å²) < 4.78 is 11.4. The Bertz CT molecular complexity index is 259.